The second-order valence-electron chi connectivity index (χ2n) is 2.52. The van der Waals surface area contributed by atoms with E-state index in [4.69, 9.17) is 0 Å². The zero-order chi connectivity index (χ0) is 8.97. The zero-order valence-electron chi connectivity index (χ0n) is 7.26. The van der Waals surface area contributed by atoms with Gasteiger partial charge < -0.3 is 5.32 Å². The molecule has 0 radical (unpaired) electrons. The quantitative estimate of drug-likeness (QED) is 0.710. The van der Waals surface area contributed by atoms with E-state index in [1.165, 1.54) is 0 Å². The number of thiazole rings is 1. The van der Waals surface area contributed by atoms with Gasteiger partial charge in [-0.2, -0.15) is 0 Å². The van der Waals surface area contributed by atoms with Crippen molar-refractivity contribution in [3.63, 3.8) is 0 Å². The minimum Gasteiger partial charge on any atom is -0.319 e. The van der Waals surface area contributed by atoms with Crippen molar-refractivity contribution < 1.29 is 4.79 Å². The molecule has 1 aromatic rings. The smallest absolute Gasteiger partial charge is 0.169 e. The lowest BCUT2D eigenvalue weighted by atomic mass is 10.4. The second kappa shape index (κ2) is 4.33. The largest absolute Gasteiger partial charge is 0.319 e. The lowest BCUT2D eigenvalue weighted by molar-refractivity contribution is 0.111. The summed E-state index contributed by atoms with van der Waals surface area (Å²) in [6, 6.07) is 0. The number of hydrogen-bond acceptors (Lipinski definition) is 4. The Morgan fingerprint density at radius 2 is 2.42 bits per heavy atom. The first-order valence-corrected chi connectivity index (χ1v) is 4.65. The van der Waals surface area contributed by atoms with Crippen LogP contribution in [0.1, 0.15) is 20.4 Å². The van der Waals surface area contributed by atoms with E-state index in [0.29, 0.717) is 5.69 Å². The van der Waals surface area contributed by atoms with Crippen molar-refractivity contribution in [1.82, 2.24) is 10.3 Å². The predicted octanol–water partition coefficient (Wildman–Crippen LogP) is 1.03. The van der Waals surface area contributed by atoms with E-state index in [2.05, 4.69) is 10.3 Å². The van der Waals surface area contributed by atoms with E-state index in [9.17, 15) is 4.79 Å². The average molecular weight is 184 g/mol. The van der Waals surface area contributed by atoms with Crippen molar-refractivity contribution in [2.24, 2.45) is 0 Å². The molecule has 0 spiro atoms. The van der Waals surface area contributed by atoms with Crippen LogP contribution in [0.5, 0.6) is 0 Å². The Morgan fingerprint density at radius 1 is 1.67 bits per heavy atom. The van der Waals surface area contributed by atoms with Crippen molar-refractivity contribution in [3.8, 4) is 0 Å². The highest BCUT2D eigenvalue weighted by molar-refractivity contribution is 7.11. The number of rotatable bonds is 4. The molecule has 0 bridgehead atoms. The Kier molecular flexibility index (Phi) is 3.37. The fourth-order valence-electron chi connectivity index (χ4n) is 0.913. The summed E-state index contributed by atoms with van der Waals surface area (Å²) in [4.78, 5) is 15.6. The van der Waals surface area contributed by atoms with Gasteiger partial charge >= 0.3 is 0 Å². The molecule has 1 rings (SSSR count). The molecule has 0 aliphatic carbocycles. The molecule has 3 nitrogen and oxygen atoms in total. The molecule has 12 heavy (non-hydrogen) atoms. The maximum absolute atomic E-state index is 10.4. The third kappa shape index (κ3) is 2.12. The van der Waals surface area contributed by atoms with Crippen LogP contribution in [0.15, 0.2) is 0 Å². The molecule has 0 atom stereocenters. The van der Waals surface area contributed by atoms with Crippen molar-refractivity contribution >= 4 is 17.6 Å². The fraction of sp³-hybridized carbons (Fsp3) is 0.500. The van der Waals surface area contributed by atoms with Gasteiger partial charge in [0.05, 0.1) is 5.01 Å². The molecule has 0 aliphatic heterocycles. The van der Waals surface area contributed by atoms with E-state index in [1.807, 2.05) is 14.0 Å². The van der Waals surface area contributed by atoms with Crippen LogP contribution in [0.3, 0.4) is 0 Å². The van der Waals surface area contributed by atoms with E-state index in [1.54, 1.807) is 11.3 Å². The first-order valence-electron chi connectivity index (χ1n) is 3.84. The molecule has 0 saturated heterocycles. The minimum atomic E-state index is 0.589. The summed E-state index contributed by atoms with van der Waals surface area (Å²) in [7, 11) is 1.90. The number of nitrogens with one attached hydrogen (secondary N) is 1. The van der Waals surface area contributed by atoms with E-state index in [-0.39, 0.29) is 0 Å². The number of carbonyl (C=O) groups excluding carboxylic acids is 1. The maximum Gasteiger partial charge on any atom is 0.169 e. The molecule has 0 amide bonds. The van der Waals surface area contributed by atoms with Gasteiger partial charge in [0.1, 0.15) is 5.69 Å². The zero-order valence-corrected chi connectivity index (χ0v) is 8.07. The van der Waals surface area contributed by atoms with Gasteiger partial charge in [-0.15, -0.1) is 11.3 Å². The van der Waals surface area contributed by atoms with Crippen LogP contribution in [0.2, 0.25) is 0 Å². The van der Waals surface area contributed by atoms with Crippen LogP contribution in [-0.2, 0) is 6.42 Å². The molecule has 0 saturated carbocycles. The van der Waals surface area contributed by atoms with E-state index < -0.39 is 0 Å². The lowest BCUT2D eigenvalue weighted by Crippen LogP contribution is -2.10. The highest BCUT2D eigenvalue weighted by atomic mass is 32.1. The number of aldehydes is 1. The van der Waals surface area contributed by atoms with Gasteiger partial charge in [0.25, 0.3) is 0 Å². The SMILES string of the molecule is CNCCc1nc(C=O)c(C)s1. The lowest BCUT2D eigenvalue weighted by Gasteiger charge is -1.92. The third-order valence-corrected chi connectivity index (χ3v) is 2.62. The number of carbonyl (C=O) groups is 1. The molecule has 0 fully saturated rings. The van der Waals surface area contributed by atoms with Gasteiger partial charge in [0, 0.05) is 17.8 Å². The molecular weight excluding hydrogens is 172 g/mol. The Labute approximate surface area is 75.8 Å². The molecule has 1 aromatic heterocycles. The van der Waals surface area contributed by atoms with Crippen LogP contribution < -0.4 is 5.32 Å². The van der Waals surface area contributed by atoms with Crippen LogP contribution in [0.25, 0.3) is 0 Å². The maximum atomic E-state index is 10.4. The highest BCUT2D eigenvalue weighted by Gasteiger charge is 2.04. The summed E-state index contributed by atoms with van der Waals surface area (Å²) in [5, 5.41) is 4.07. The van der Waals surface area contributed by atoms with Crippen molar-refractivity contribution in [2.75, 3.05) is 13.6 Å². The topological polar surface area (TPSA) is 42.0 Å². The van der Waals surface area contributed by atoms with Crippen LogP contribution in [-0.4, -0.2) is 24.9 Å². The van der Waals surface area contributed by atoms with Gasteiger partial charge in [0.15, 0.2) is 6.29 Å². The molecule has 0 aliphatic rings. The normalized spacial score (nSPS) is 10.2. The van der Waals surface area contributed by atoms with Gasteiger partial charge in [-0.1, -0.05) is 0 Å². The first-order chi connectivity index (χ1) is 5.77. The van der Waals surface area contributed by atoms with Crippen LogP contribution in [0.4, 0.5) is 0 Å². The fourth-order valence-corrected chi connectivity index (χ4v) is 1.81. The number of likely N-dealkylation sites (N-methyl/N-ethyl adjacent to an activating group) is 1. The first kappa shape index (κ1) is 9.35. The van der Waals surface area contributed by atoms with E-state index in [0.717, 1.165) is 29.1 Å². The number of hydrogen-bond donors (Lipinski definition) is 1. The van der Waals surface area contributed by atoms with Gasteiger partial charge in [0.2, 0.25) is 0 Å². The summed E-state index contributed by atoms with van der Waals surface area (Å²) >= 11 is 1.60. The summed E-state index contributed by atoms with van der Waals surface area (Å²) in [6.45, 7) is 2.83. The predicted molar refractivity (Wildman–Crippen MR) is 49.9 cm³/mol. The number of aryl methyl sites for hydroxylation is 1. The molecule has 0 aromatic carbocycles. The Balaban J connectivity index is 2.68. The molecule has 66 valence electrons. The van der Waals surface area contributed by atoms with Crippen molar-refractivity contribution in [3.05, 3.63) is 15.6 Å². The van der Waals surface area contributed by atoms with Crippen LogP contribution in [0, 0.1) is 6.92 Å². The Morgan fingerprint density at radius 3 is 2.92 bits per heavy atom. The average Bonchev–Trinajstić information content (AvgIpc) is 2.43. The van der Waals surface area contributed by atoms with Gasteiger partial charge in [-0.25, -0.2) is 4.98 Å². The van der Waals surface area contributed by atoms with Gasteiger partial charge in [-0.05, 0) is 14.0 Å². The number of aromatic nitrogens is 1. The van der Waals surface area contributed by atoms with Crippen molar-refractivity contribution in [2.45, 2.75) is 13.3 Å². The monoisotopic (exact) mass is 184 g/mol. The number of nitrogens with zero attached hydrogens (tertiary/aromatic N) is 1. The van der Waals surface area contributed by atoms with E-state index >= 15 is 0 Å². The molecule has 4 heteroatoms. The minimum absolute atomic E-state index is 0.589. The molecule has 1 heterocycles. The summed E-state index contributed by atoms with van der Waals surface area (Å²) < 4.78 is 0. The van der Waals surface area contributed by atoms with Crippen molar-refractivity contribution in [1.29, 1.82) is 0 Å². The summed E-state index contributed by atoms with van der Waals surface area (Å²) in [5.41, 5.74) is 0.589. The van der Waals surface area contributed by atoms with Gasteiger partial charge in [-0.3, -0.25) is 4.79 Å². The third-order valence-electron chi connectivity index (χ3n) is 1.58. The molecular formula is C8H12N2OS. The Hall–Kier alpha value is -0.740. The molecule has 1 N–H and O–H groups in total. The molecule has 0 unspecified atom stereocenters. The second-order valence-corrected chi connectivity index (χ2v) is 3.81. The summed E-state index contributed by atoms with van der Waals surface area (Å²) in [6.07, 6.45) is 1.71. The Bertz CT molecular complexity index is 270. The standard InChI is InChI=1S/C8H12N2OS/c1-6-7(5-11)10-8(12-6)3-4-9-2/h5,9H,3-4H2,1-2H3. The summed E-state index contributed by atoms with van der Waals surface area (Å²) in [5.74, 6) is 0. The highest BCUT2D eigenvalue weighted by Crippen LogP contribution is 2.15. The van der Waals surface area contributed by atoms with Crippen LogP contribution >= 0.6 is 11.3 Å².